The Balaban J connectivity index is 1.79. The standard InChI is InChI=1S/C34H34O6P2/c1-22-13-17-29(37-22)41(30-18-14-23(2)38-30)34(42(31-19-15-24(3)39-31)32-20-16-25(4)40-32)21-9-12-28(36-6)33(34)26-10-7-8-11-27(26)35-5/h7-20H,21H2,1-6H3. The van der Waals surface area contributed by atoms with Gasteiger partial charge in [0.05, 0.1) is 19.1 Å². The predicted octanol–water partition coefficient (Wildman–Crippen LogP) is 7.58. The lowest BCUT2D eigenvalue weighted by molar-refractivity contribution is 0.306. The number of methoxy groups -OCH3 is 2. The van der Waals surface area contributed by atoms with Gasteiger partial charge in [0.1, 0.15) is 56.6 Å². The topological polar surface area (TPSA) is 71.0 Å². The van der Waals surface area contributed by atoms with Gasteiger partial charge in [-0.1, -0.05) is 24.3 Å². The molecule has 1 aromatic carbocycles. The summed E-state index contributed by atoms with van der Waals surface area (Å²) in [5, 5.41) is 0. The number of furan rings is 4. The molecule has 42 heavy (non-hydrogen) atoms. The van der Waals surface area contributed by atoms with Gasteiger partial charge in [0.15, 0.2) is 0 Å². The molecule has 0 saturated heterocycles. The number of ether oxygens (including phenoxy) is 2. The van der Waals surface area contributed by atoms with Gasteiger partial charge in [0.2, 0.25) is 0 Å². The fourth-order valence-corrected chi connectivity index (χ4v) is 12.9. The van der Waals surface area contributed by atoms with Crippen LogP contribution in [-0.4, -0.2) is 19.1 Å². The Morgan fingerprint density at radius 1 is 0.595 bits per heavy atom. The Morgan fingerprint density at radius 3 is 1.43 bits per heavy atom. The molecule has 4 heterocycles. The SMILES string of the molecule is COC1=C(c2ccccc2OC)C(P(c2ccc(C)o2)c2ccc(C)o2)(P(c2ccc(C)o2)c2ccc(C)o2)CC=C1. The third kappa shape index (κ3) is 4.87. The Morgan fingerprint density at radius 2 is 1.05 bits per heavy atom. The van der Waals surface area contributed by atoms with Gasteiger partial charge in [-0.05, 0) is 94.8 Å². The van der Waals surface area contributed by atoms with E-state index in [-0.39, 0.29) is 0 Å². The lowest BCUT2D eigenvalue weighted by atomic mass is 9.94. The average molecular weight is 601 g/mol. The monoisotopic (exact) mass is 600 g/mol. The third-order valence-electron chi connectivity index (χ3n) is 7.44. The Bertz CT molecular complexity index is 1600. The summed E-state index contributed by atoms with van der Waals surface area (Å²) in [6.07, 6.45) is 4.91. The molecule has 216 valence electrons. The molecule has 0 amide bonds. The summed E-state index contributed by atoms with van der Waals surface area (Å²) < 4.78 is 38.3. The van der Waals surface area contributed by atoms with Crippen molar-refractivity contribution in [2.24, 2.45) is 0 Å². The van der Waals surface area contributed by atoms with Crippen molar-refractivity contribution in [3.05, 3.63) is 119 Å². The molecule has 4 aromatic heterocycles. The van der Waals surface area contributed by atoms with E-state index < -0.39 is 20.7 Å². The van der Waals surface area contributed by atoms with Crippen molar-refractivity contribution in [2.45, 2.75) is 39.0 Å². The zero-order valence-corrected chi connectivity index (χ0v) is 26.4. The predicted molar refractivity (Wildman–Crippen MR) is 170 cm³/mol. The van der Waals surface area contributed by atoms with E-state index in [2.05, 4.69) is 42.5 Å². The molecule has 0 fully saturated rings. The summed E-state index contributed by atoms with van der Waals surface area (Å²) in [6, 6.07) is 24.5. The van der Waals surface area contributed by atoms with Gasteiger partial charge in [-0.15, -0.1) is 0 Å². The molecule has 5 aromatic rings. The molecule has 0 unspecified atom stereocenters. The minimum Gasteiger partial charge on any atom is -0.496 e. The van der Waals surface area contributed by atoms with Gasteiger partial charge in [0, 0.05) is 27.0 Å². The molecule has 0 N–H and O–H groups in total. The van der Waals surface area contributed by atoms with Gasteiger partial charge in [-0.25, -0.2) is 0 Å². The maximum absolute atomic E-state index is 6.53. The first-order valence-electron chi connectivity index (χ1n) is 13.8. The first-order chi connectivity index (χ1) is 20.3. The van der Waals surface area contributed by atoms with Crippen LogP contribution in [0.3, 0.4) is 0 Å². The van der Waals surface area contributed by atoms with E-state index in [9.17, 15) is 0 Å². The summed E-state index contributed by atoms with van der Waals surface area (Å²) >= 11 is 0. The summed E-state index contributed by atoms with van der Waals surface area (Å²) in [6.45, 7) is 7.90. The van der Waals surface area contributed by atoms with Crippen LogP contribution in [0, 0.1) is 27.7 Å². The van der Waals surface area contributed by atoms with E-state index in [1.807, 2.05) is 70.2 Å². The highest BCUT2D eigenvalue weighted by atomic mass is 31.2. The normalized spacial score (nSPS) is 14.8. The molecule has 6 rings (SSSR count). The minimum atomic E-state index is -1.36. The Kier molecular flexibility index (Phi) is 7.79. The summed E-state index contributed by atoms with van der Waals surface area (Å²) in [7, 11) is 0.701. The van der Waals surface area contributed by atoms with E-state index in [4.69, 9.17) is 27.1 Å². The zero-order chi connectivity index (χ0) is 29.4. The smallest absolute Gasteiger partial charge is 0.134 e. The highest BCUT2D eigenvalue weighted by molar-refractivity contribution is 7.91. The highest BCUT2D eigenvalue weighted by Crippen LogP contribution is 2.74. The van der Waals surface area contributed by atoms with Crippen LogP contribution in [0.15, 0.2) is 108 Å². The minimum absolute atomic E-state index is 0.656. The number of aryl methyl sites for hydroxylation is 4. The van der Waals surface area contributed by atoms with Gasteiger partial charge >= 0.3 is 0 Å². The highest BCUT2D eigenvalue weighted by Gasteiger charge is 2.57. The largest absolute Gasteiger partial charge is 0.496 e. The van der Waals surface area contributed by atoms with Crippen molar-refractivity contribution >= 4 is 43.4 Å². The molecule has 6 nitrogen and oxygen atoms in total. The lowest BCUT2D eigenvalue weighted by Gasteiger charge is -2.46. The number of hydrogen-bond donors (Lipinski definition) is 0. The molecular weight excluding hydrogens is 566 g/mol. The van der Waals surface area contributed by atoms with Gasteiger partial charge in [0.25, 0.3) is 0 Å². The molecule has 0 radical (unpaired) electrons. The van der Waals surface area contributed by atoms with Crippen LogP contribution in [0.1, 0.15) is 35.0 Å². The first-order valence-corrected chi connectivity index (χ1v) is 16.5. The molecule has 0 saturated carbocycles. The molecule has 0 aliphatic heterocycles. The van der Waals surface area contributed by atoms with Crippen molar-refractivity contribution < 1.29 is 27.1 Å². The van der Waals surface area contributed by atoms with Crippen LogP contribution in [-0.2, 0) is 4.74 Å². The fraction of sp³-hybridized carbons (Fsp3) is 0.235. The van der Waals surface area contributed by atoms with Crippen LogP contribution < -0.4 is 26.7 Å². The molecule has 0 bridgehead atoms. The maximum Gasteiger partial charge on any atom is 0.134 e. The summed E-state index contributed by atoms with van der Waals surface area (Å²) in [5.41, 5.74) is 5.37. The van der Waals surface area contributed by atoms with Gasteiger partial charge < -0.3 is 27.1 Å². The van der Waals surface area contributed by atoms with Crippen LogP contribution >= 0.6 is 15.8 Å². The first kappa shape index (κ1) is 28.4. The van der Waals surface area contributed by atoms with E-state index in [1.54, 1.807) is 14.2 Å². The second-order valence-electron chi connectivity index (χ2n) is 10.3. The molecular formula is C34H34O6P2. The van der Waals surface area contributed by atoms with E-state index >= 15 is 0 Å². The number of rotatable bonds is 9. The van der Waals surface area contributed by atoms with Crippen molar-refractivity contribution in [1.82, 2.24) is 0 Å². The molecule has 0 atom stereocenters. The lowest BCUT2D eigenvalue weighted by Crippen LogP contribution is -2.41. The molecule has 8 heteroatoms. The van der Waals surface area contributed by atoms with Crippen LogP contribution in [0.4, 0.5) is 0 Å². The summed E-state index contributed by atoms with van der Waals surface area (Å²) in [5.74, 6) is 4.86. The van der Waals surface area contributed by atoms with Crippen molar-refractivity contribution in [3.8, 4) is 5.75 Å². The maximum atomic E-state index is 6.53. The fourth-order valence-electron chi connectivity index (χ4n) is 5.70. The number of para-hydroxylation sites is 1. The van der Waals surface area contributed by atoms with Crippen molar-refractivity contribution in [1.29, 1.82) is 0 Å². The van der Waals surface area contributed by atoms with E-state index in [0.717, 1.165) is 67.7 Å². The molecule has 0 spiro atoms. The summed E-state index contributed by atoms with van der Waals surface area (Å²) in [4.78, 5) is -0.692. The van der Waals surface area contributed by atoms with Crippen LogP contribution in [0.2, 0.25) is 0 Å². The average Bonchev–Trinajstić information content (AvgIpc) is 3.80. The second kappa shape index (κ2) is 11.5. The van der Waals surface area contributed by atoms with E-state index in [1.165, 1.54) is 0 Å². The van der Waals surface area contributed by atoms with Crippen LogP contribution in [0.25, 0.3) is 5.57 Å². The second-order valence-corrected chi connectivity index (χ2v) is 15.3. The third-order valence-corrected chi connectivity index (χ3v) is 13.7. The van der Waals surface area contributed by atoms with E-state index in [0.29, 0.717) is 6.42 Å². The van der Waals surface area contributed by atoms with Gasteiger partial charge in [-0.3, -0.25) is 0 Å². The Hall–Kier alpha value is -3.72. The number of allylic oxidation sites excluding steroid dienone is 3. The van der Waals surface area contributed by atoms with Crippen molar-refractivity contribution in [3.63, 3.8) is 0 Å². The quantitative estimate of drug-likeness (QED) is 0.163. The van der Waals surface area contributed by atoms with Crippen molar-refractivity contribution in [2.75, 3.05) is 14.2 Å². The molecule has 1 aliphatic rings. The van der Waals surface area contributed by atoms with Crippen LogP contribution in [0.5, 0.6) is 5.75 Å². The zero-order valence-electron chi connectivity index (χ0n) is 24.6. The molecule has 1 aliphatic carbocycles. The number of benzene rings is 1. The van der Waals surface area contributed by atoms with Gasteiger partial charge in [-0.2, -0.15) is 0 Å². The number of hydrogen-bond acceptors (Lipinski definition) is 6. The Labute approximate surface area is 248 Å².